The highest BCUT2D eigenvalue weighted by atomic mass is 16.3. The largest absolute Gasteiger partial charge is 0.389 e. The van der Waals surface area contributed by atoms with Crippen LogP contribution in [-0.4, -0.2) is 16.5 Å². The summed E-state index contributed by atoms with van der Waals surface area (Å²) in [6.45, 7) is 10.1. The van der Waals surface area contributed by atoms with Crippen molar-refractivity contribution >= 4 is 5.78 Å². The van der Waals surface area contributed by atoms with Crippen molar-refractivity contribution in [3.05, 3.63) is 12.2 Å². The molecule has 0 radical (unpaired) electrons. The van der Waals surface area contributed by atoms with E-state index in [4.69, 9.17) is 0 Å². The maximum absolute atomic E-state index is 11.9. The van der Waals surface area contributed by atoms with Crippen molar-refractivity contribution in [2.45, 2.75) is 58.5 Å². The van der Waals surface area contributed by atoms with Gasteiger partial charge in [0.15, 0.2) is 0 Å². The molecule has 2 heteroatoms. The molecule has 2 aliphatic carbocycles. The molecular weight excluding hydrogens is 212 g/mol. The molecule has 0 saturated heterocycles. The first-order valence-corrected chi connectivity index (χ1v) is 6.71. The lowest BCUT2D eigenvalue weighted by Gasteiger charge is -2.56. The van der Waals surface area contributed by atoms with Gasteiger partial charge in [-0.15, -0.1) is 0 Å². The third-order valence-electron chi connectivity index (χ3n) is 5.47. The Morgan fingerprint density at radius 3 is 2.71 bits per heavy atom. The number of hydrogen-bond donors (Lipinski definition) is 1. The summed E-state index contributed by atoms with van der Waals surface area (Å²) in [6.07, 6.45) is 4.31. The number of fused-ring (bicyclic) bond motifs is 1. The Morgan fingerprint density at radius 2 is 2.12 bits per heavy atom. The fourth-order valence-electron chi connectivity index (χ4n) is 3.78. The van der Waals surface area contributed by atoms with Crippen molar-refractivity contribution in [3.8, 4) is 0 Å². The van der Waals surface area contributed by atoms with Crippen molar-refractivity contribution in [2.75, 3.05) is 0 Å². The van der Waals surface area contributed by atoms with Crippen LogP contribution in [-0.2, 0) is 4.79 Å². The molecule has 4 atom stereocenters. The molecule has 2 rings (SSSR count). The van der Waals surface area contributed by atoms with E-state index in [0.29, 0.717) is 18.8 Å². The third kappa shape index (κ3) is 1.77. The highest BCUT2D eigenvalue weighted by Crippen LogP contribution is 2.56. The van der Waals surface area contributed by atoms with Gasteiger partial charge in [0.25, 0.3) is 0 Å². The first-order valence-electron chi connectivity index (χ1n) is 6.71. The van der Waals surface area contributed by atoms with Gasteiger partial charge in [-0.1, -0.05) is 26.0 Å². The predicted octanol–water partition coefficient (Wildman–Crippen LogP) is 3.10. The molecule has 2 aliphatic rings. The van der Waals surface area contributed by atoms with Crippen molar-refractivity contribution in [1.29, 1.82) is 0 Å². The minimum atomic E-state index is -0.815. The quantitative estimate of drug-likeness (QED) is 0.710. The molecule has 1 N–H and O–H groups in total. The molecule has 2 saturated carbocycles. The maximum atomic E-state index is 11.9. The summed E-state index contributed by atoms with van der Waals surface area (Å²) in [5.74, 6) is 0.386. The van der Waals surface area contributed by atoms with Crippen molar-refractivity contribution < 1.29 is 9.90 Å². The molecule has 0 aromatic heterocycles. The fraction of sp³-hybridized carbons (Fsp3) is 0.800. The van der Waals surface area contributed by atoms with E-state index in [2.05, 4.69) is 13.5 Å². The Labute approximate surface area is 104 Å². The average Bonchev–Trinajstić information content (AvgIpc) is 2.27. The van der Waals surface area contributed by atoms with Crippen molar-refractivity contribution in [1.82, 2.24) is 0 Å². The number of aliphatic hydroxyl groups is 1. The van der Waals surface area contributed by atoms with Crippen LogP contribution in [0.5, 0.6) is 0 Å². The number of ketones is 1. The van der Waals surface area contributed by atoms with Gasteiger partial charge in [0.05, 0.1) is 5.60 Å². The molecule has 17 heavy (non-hydrogen) atoms. The van der Waals surface area contributed by atoms with E-state index in [1.807, 2.05) is 13.8 Å². The Hall–Kier alpha value is -0.630. The van der Waals surface area contributed by atoms with Crippen LogP contribution < -0.4 is 0 Å². The summed E-state index contributed by atoms with van der Waals surface area (Å²) in [4.78, 5) is 11.9. The summed E-state index contributed by atoms with van der Waals surface area (Å²) >= 11 is 0. The van der Waals surface area contributed by atoms with Crippen LogP contribution in [0.3, 0.4) is 0 Å². The third-order valence-corrected chi connectivity index (χ3v) is 5.47. The lowest BCUT2D eigenvalue weighted by molar-refractivity contribution is -0.180. The summed E-state index contributed by atoms with van der Waals surface area (Å²) < 4.78 is 0. The zero-order valence-electron chi connectivity index (χ0n) is 11.3. The van der Waals surface area contributed by atoms with Gasteiger partial charge in [0.2, 0.25) is 0 Å². The number of rotatable bonds is 1. The zero-order chi connectivity index (χ0) is 12.8. The molecule has 2 fully saturated rings. The monoisotopic (exact) mass is 236 g/mol. The van der Waals surface area contributed by atoms with Crippen LogP contribution in [0, 0.1) is 17.3 Å². The summed E-state index contributed by atoms with van der Waals surface area (Å²) in [7, 11) is 0. The number of hydrogen-bond acceptors (Lipinski definition) is 2. The number of carbonyl (C=O) groups excluding carboxylic acids is 1. The first kappa shape index (κ1) is 12.8. The van der Waals surface area contributed by atoms with Gasteiger partial charge in [-0.3, -0.25) is 4.79 Å². The van der Waals surface area contributed by atoms with Crippen LogP contribution in [0.4, 0.5) is 0 Å². The van der Waals surface area contributed by atoms with Gasteiger partial charge in [-0.25, -0.2) is 0 Å². The topological polar surface area (TPSA) is 37.3 Å². The van der Waals surface area contributed by atoms with Crippen molar-refractivity contribution in [2.24, 2.45) is 17.3 Å². The molecule has 0 heterocycles. The normalized spacial score (nSPS) is 46.5. The molecule has 0 aromatic carbocycles. The molecule has 1 unspecified atom stereocenters. The van der Waals surface area contributed by atoms with Crippen LogP contribution >= 0.6 is 0 Å². The SMILES string of the molecule is C=C(C)[C@@H]1CC[C@]2(C)CCC(=O)C(C)[C@]2(O)C1. The number of allylic oxidation sites excluding steroid dienone is 1. The van der Waals surface area contributed by atoms with E-state index in [9.17, 15) is 9.90 Å². The maximum Gasteiger partial charge on any atom is 0.138 e. The Morgan fingerprint density at radius 1 is 1.47 bits per heavy atom. The van der Waals surface area contributed by atoms with Gasteiger partial charge in [-0.2, -0.15) is 0 Å². The smallest absolute Gasteiger partial charge is 0.138 e. The van der Waals surface area contributed by atoms with Crippen LogP contribution in [0.25, 0.3) is 0 Å². The van der Waals surface area contributed by atoms with Crippen LogP contribution in [0.2, 0.25) is 0 Å². The standard InChI is InChI=1S/C15H24O2/c1-10(2)12-5-7-14(4)8-6-13(16)11(3)15(14,17)9-12/h11-12,17H,1,5-9H2,2-4H3/t11?,12-,14-,15-/m1/s1. The number of carbonyl (C=O) groups is 1. The molecule has 0 aliphatic heterocycles. The summed E-state index contributed by atoms with van der Waals surface area (Å²) in [5.41, 5.74) is 0.252. The van der Waals surface area contributed by atoms with E-state index < -0.39 is 5.60 Å². The second kappa shape index (κ2) is 3.94. The second-order valence-electron chi connectivity index (χ2n) is 6.46. The van der Waals surface area contributed by atoms with Gasteiger partial charge in [0.1, 0.15) is 5.78 Å². The minimum absolute atomic E-state index is 0.0771. The second-order valence-corrected chi connectivity index (χ2v) is 6.46. The lowest BCUT2D eigenvalue weighted by Crippen LogP contribution is -2.60. The highest BCUT2D eigenvalue weighted by Gasteiger charge is 2.57. The molecule has 96 valence electrons. The van der Waals surface area contributed by atoms with Crippen molar-refractivity contribution in [3.63, 3.8) is 0 Å². The summed E-state index contributed by atoms with van der Waals surface area (Å²) in [6, 6.07) is 0. The molecular formula is C15H24O2. The predicted molar refractivity (Wildman–Crippen MR) is 68.6 cm³/mol. The van der Waals surface area contributed by atoms with E-state index in [1.54, 1.807) is 0 Å². The molecule has 0 amide bonds. The lowest BCUT2D eigenvalue weighted by atomic mass is 9.51. The average molecular weight is 236 g/mol. The van der Waals surface area contributed by atoms with Gasteiger partial charge >= 0.3 is 0 Å². The van der Waals surface area contributed by atoms with E-state index in [0.717, 1.165) is 24.8 Å². The van der Waals surface area contributed by atoms with E-state index in [-0.39, 0.29) is 17.1 Å². The van der Waals surface area contributed by atoms with E-state index >= 15 is 0 Å². The molecule has 0 aromatic rings. The van der Waals surface area contributed by atoms with Crippen LogP contribution in [0.15, 0.2) is 12.2 Å². The Bertz CT molecular complexity index is 360. The minimum Gasteiger partial charge on any atom is -0.389 e. The van der Waals surface area contributed by atoms with E-state index in [1.165, 1.54) is 0 Å². The Kier molecular flexibility index (Phi) is 2.97. The molecule has 0 bridgehead atoms. The van der Waals surface area contributed by atoms with Gasteiger partial charge in [0, 0.05) is 12.3 Å². The van der Waals surface area contributed by atoms with Gasteiger partial charge < -0.3 is 5.11 Å². The highest BCUT2D eigenvalue weighted by molar-refractivity contribution is 5.83. The first-order chi connectivity index (χ1) is 7.80. The van der Waals surface area contributed by atoms with Gasteiger partial charge in [-0.05, 0) is 43.9 Å². The summed E-state index contributed by atoms with van der Waals surface area (Å²) in [5, 5.41) is 11.0. The number of Topliss-reactive ketones (excluding diaryl/α,β-unsaturated/α-hetero) is 1. The fourth-order valence-corrected chi connectivity index (χ4v) is 3.78. The molecule has 0 spiro atoms. The zero-order valence-corrected chi connectivity index (χ0v) is 11.3. The van der Waals surface area contributed by atoms with Crippen LogP contribution in [0.1, 0.15) is 52.9 Å². The Balaban J connectivity index is 2.32. The molecule has 2 nitrogen and oxygen atoms in total.